The molecule has 2 aliphatic carbocycles. The van der Waals surface area contributed by atoms with Gasteiger partial charge in [0.15, 0.2) is 0 Å². The molecule has 57 heavy (non-hydrogen) atoms. The molecule has 0 bridgehead atoms. The Morgan fingerprint density at radius 2 is 1.70 bits per heavy atom. The van der Waals surface area contributed by atoms with Crippen LogP contribution in [0.1, 0.15) is 107 Å². The van der Waals surface area contributed by atoms with Crippen LogP contribution in [0.3, 0.4) is 0 Å². The third kappa shape index (κ3) is 9.66. The molecule has 20 heteroatoms. The fourth-order valence-corrected chi connectivity index (χ4v) is 10.8. The second-order valence-electron chi connectivity index (χ2n) is 16.3. The molecule has 2 unspecified atom stereocenters. The number of nitrogens with one attached hydrogen (secondary N) is 3. The van der Waals surface area contributed by atoms with Crippen molar-refractivity contribution in [2.24, 2.45) is 11.7 Å². The summed E-state index contributed by atoms with van der Waals surface area (Å²) >= 11 is 1.56. The first-order chi connectivity index (χ1) is 26.8. The monoisotopic (exact) mass is 836 g/mol. The molecule has 6 N–H and O–H groups in total. The van der Waals surface area contributed by atoms with Crippen LogP contribution in [-0.2, 0) is 34.8 Å². The molecule has 3 atom stereocenters. The van der Waals surface area contributed by atoms with Crippen LogP contribution >= 0.6 is 11.8 Å². The summed E-state index contributed by atoms with van der Waals surface area (Å²) in [5.74, 6) is -5.91. The first-order valence-corrected chi connectivity index (χ1v) is 21.9. The van der Waals surface area contributed by atoms with Crippen molar-refractivity contribution in [1.82, 2.24) is 35.2 Å². The van der Waals surface area contributed by atoms with Crippen molar-refractivity contribution < 1.29 is 46.3 Å². The maximum atomic E-state index is 14.8. The Labute approximate surface area is 333 Å². The van der Waals surface area contributed by atoms with E-state index in [4.69, 9.17) is 5.73 Å². The predicted molar refractivity (Wildman–Crippen MR) is 203 cm³/mol. The number of nitrogens with two attached hydrogens (primary N) is 1. The third-order valence-electron chi connectivity index (χ3n) is 11.5. The molecule has 2 saturated carbocycles. The SMILES string of the molecule is CC(C)(O)c1cnnn1C1CC(C(=O)NC2(C(=O)C(N)=O)CCSCC2)N(C(=O)[C@@H](CC2CCCCC2)NC(=O)c2ccc(S(=O)(=O)NC3CC(F)(F)C3)cc2)C1. The molecule has 2 aromatic rings. The highest BCUT2D eigenvalue weighted by Crippen LogP contribution is 2.38. The number of aromatic nitrogens is 3. The molecule has 3 heterocycles. The van der Waals surface area contributed by atoms with Crippen LogP contribution < -0.4 is 21.1 Å². The van der Waals surface area contributed by atoms with Gasteiger partial charge in [-0.05, 0) is 74.8 Å². The Balaban J connectivity index is 1.27. The number of carbonyl (C=O) groups excluding carboxylic acids is 5. The average Bonchev–Trinajstić information content (AvgIpc) is 3.83. The lowest BCUT2D eigenvalue weighted by molar-refractivity contribution is -0.145. The summed E-state index contributed by atoms with van der Waals surface area (Å²) in [6.07, 6.45) is 5.34. The van der Waals surface area contributed by atoms with Gasteiger partial charge in [-0.3, -0.25) is 24.0 Å². The van der Waals surface area contributed by atoms with E-state index in [1.807, 2.05) is 0 Å². The minimum Gasteiger partial charge on any atom is -0.384 e. The number of hydrogen-bond donors (Lipinski definition) is 5. The fourth-order valence-electron chi connectivity index (χ4n) is 8.36. The zero-order valence-electron chi connectivity index (χ0n) is 31.9. The number of alkyl halides is 2. The Bertz CT molecular complexity index is 1950. The number of halogens is 2. The van der Waals surface area contributed by atoms with Crippen LogP contribution in [0.2, 0.25) is 0 Å². The number of primary amides is 1. The lowest BCUT2D eigenvalue weighted by atomic mass is 9.84. The smallest absolute Gasteiger partial charge is 0.287 e. The van der Waals surface area contributed by atoms with Crippen molar-refractivity contribution >= 4 is 51.2 Å². The van der Waals surface area contributed by atoms with Gasteiger partial charge >= 0.3 is 0 Å². The minimum atomic E-state index is -4.14. The van der Waals surface area contributed by atoms with E-state index in [1.54, 1.807) is 25.6 Å². The number of amides is 4. The summed E-state index contributed by atoms with van der Waals surface area (Å²) in [6, 6.07) is 1.03. The summed E-state index contributed by atoms with van der Waals surface area (Å²) in [5.41, 5.74) is 2.88. The van der Waals surface area contributed by atoms with Gasteiger partial charge in [0.25, 0.3) is 17.7 Å². The van der Waals surface area contributed by atoms with E-state index in [9.17, 15) is 46.3 Å². The number of carbonyl (C=O) groups is 5. The Kier molecular flexibility index (Phi) is 12.5. The molecular weight excluding hydrogens is 787 g/mol. The zero-order chi connectivity index (χ0) is 41.3. The van der Waals surface area contributed by atoms with E-state index in [2.05, 4.69) is 25.7 Å². The van der Waals surface area contributed by atoms with Crippen molar-refractivity contribution in [2.75, 3.05) is 18.1 Å². The van der Waals surface area contributed by atoms with Gasteiger partial charge in [0, 0.05) is 37.4 Å². The molecule has 4 amide bonds. The summed E-state index contributed by atoms with van der Waals surface area (Å²) in [6.45, 7) is 3.03. The van der Waals surface area contributed by atoms with Gasteiger partial charge in [-0.1, -0.05) is 37.3 Å². The maximum Gasteiger partial charge on any atom is 0.287 e. The van der Waals surface area contributed by atoms with Gasteiger partial charge in [0.2, 0.25) is 27.6 Å². The zero-order valence-corrected chi connectivity index (χ0v) is 33.5. The summed E-state index contributed by atoms with van der Waals surface area (Å²) in [5, 5.41) is 24.7. The number of ketones is 1. The highest BCUT2D eigenvalue weighted by Gasteiger charge is 2.50. The average molecular weight is 837 g/mol. The number of aliphatic hydroxyl groups is 1. The van der Waals surface area contributed by atoms with Crippen LogP contribution in [0.15, 0.2) is 35.4 Å². The Hall–Kier alpha value is -4.01. The number of hydrogen-bond acceptors (Lipinski definition) is 11. The summed E-state index contributed by atoms with van der Waals surface area (Å²) in [4.78, 5) is 69.5. The normalized spacial score (nSPS) is 23.3. The van der Waals surface area contributed by atoms with Crippen molar-refractivity contribution in [1.29, 1.82) is 0 Å². The first-order valence-electron chi connectivity index (χ1n) is 19.3. The number of rotatable bonds is 14. The van der Waals surface area contributed by atoms with Crippen LogP contribution in [0.4, 0.5) is 8.78 Å². The molecule has 6 rings (SSSR count). The number of benzene rings is 1. The van der Waals surface area contributed by atoms with Crippen molar-refractivity contribution in [3.63, 3.8) is 0 Å². The van der Waals surface area contributed by atoms with E-state index >= 15 is 0 Å². The highest BCUT2D eigenvalue weighted by atomic mass is 32.2. The number of sulfonamides is 1. The van der Waals surface area contributed by atoms with Crippen molar-refractivity contribution in [2.45, 2.75) is 131 Å². The molecule has 1 aromatic carbocycles. The predicted octanol–water partition coefficient (Wildman–Crippen LogP) is 1.93. The van der Waals surface area contributed by atoms with E-state index in [-0.39, 0.29) is 48.6 Å². The third-order valence-corrected chi connectivity index (χ3v) is 14.0. The van der Waals surface area contributed by atoms with E-state index in [0.29, 0.717) is 17.2 Å². The summed E-state index contributed by atoms with van der Waals surface area (Å²) in [7, 11) is -4.14. The number of thioether (sulfide) groups is 1. The van der Waals surface area contributed by atoms with Crippen LogP contribution in [0.5, 0.6) is 0 Å². The molecule has 0 spiro atoms. The van der Waals surface area contributed by atoms with Gasteiger partial charge in [-0.25, -0.2) is 26.6 Å². The number of Topliss-reactive ketones (excluding diaryl/α,β-unsaturated/α-hetero) is 1. The molecule has 4 aliphatic rings. The standard InChI is InChI=1S/C37H50F2N8O8S2/c1-35(2,53)29-20-41-45-47(29)25-17-28(33(51)43-36(30(48)31(40)49)12-14-56-15-13-36)46(21-25)34(52)27(16-22-6-4-3-5-7-22)42-32(50)23-8-10-26(11-9-23)57(54,55)44-24-18-37(38,39)19-24/h8-11,20,22,24-25,27-28,44,53H,3-7,12-19,21H2,1-2H3,(H2,40,49)(H,42,50)(H,43,51)/t25?,27-,28?/m1/s1. The molecule has 0 radical (unpaired) electrons. The van der Waals surface area contributed by atoms with Crippen LogP contribution in [0, 0.1) is 5.92 Å². The van der Waals surface area contributed by atoms with Crippen molar-refractivity contribution in [3.8, 4) is 0 Å². The molecule has 312 valence electrons. The lowest BCUT2D eigenvalue weighted by Gasteiger charge is -2.37. The van der Waals surface area contributed by atoms with E-state index in [0.717, 1.165) is 32.1 Å². The highest BCUT2D eigenvalue weighted by molar-refractivity contribution is 7.99. The lowest BCUT2D eigenvalue weighted by Crippen LogP contribution is -2.63. The van der Waals surface area contributed by atoms with Gasteiger partial charge in [-0.2, -0.15) is 11.8 Å². The van der Waals surface area contributed by atoms with E-state index in [1.165, 1.54) is 40.0 Å². The second-order valence-corrected chi connectivity index (χ2v) is 19.2. The summed E-state index contributed by atoms with van der Waals surface area (Å²) < 4.78 is 56.0. The van der Waals surface area contributed by atoms with Gasteiger partial charge in [-0.15, -0.1) is 5.10 Å². The Morgan fingerprint density at radius 1 is 1.05 bits per heavy atom. The number of nitrogens with zero attached hydrogens (tertiary/aromatic N) is 4. The quantitative estimate of drug-likeness (QED) is 0.173. The Morgan fingerprint density at radius 3 is 2.30 bits per heavy atom. The molecule has 16 nitrogen and oxygen atoms in total. The molecule has 4 fully saturated rings. The first kappa shape index (κ1) is 42.6. The fraction of sp³-hybridized carbons (Fsp3) is 0.649. The van der Waals surface area contributed by atoms with Crippen LogP contribution in [-0.4, -0.2) is 110 Å². The van der Waals surface area contributed by atoms with Gasteiger partial charge in [0.05, 0.1) is 22.8 Å². The van der Waals surface area contributed by atoms with Gasteiger partial charge < -0.3 is 26.4 Å². The van der Waals surface area contributed by atoms with Gasteiger partial charge in [0.1, 0.15) is 23.2 Å². The minimum absolute atomic E-state index is 0.00612. The van der Waals surface area contributed by atoms with Crippen molar-refractivity contribution in [3.05, 3.63) is 41.7 Å². The van der Waals surface area contributed by atoms with E-state index < -0.39 is 93.5 Å². The largest absolute Gasteiger partial charge is 0.384 e. The van der Waals surface area contributed by atoms with Crippen LogP contribution in [0.25, 0.3) is 0 Å². The topological polar surface area (TPSA) is 236 Å². The molecule has 2 saturated heterocycles. The maximum absolute atomic E-state index is 14.8. The molecule has 2 aliphatic heterocycles. The number of likely N-dealkylation sites (tertiary alicyclic amines) is 1. The second kappa shape index (κ2) is 16.7. The molecular formula is C37H50F2N8O8S2. The molecule has 1 aromatic heterocycles.